The van der Waals surface area contributed by atoms with Crippen molar-refractivity contribution in [2.45, 2.75) is 32.3 Å². The number of amides is 1. The van der Waals surface area contributed by atoms with E-state index in [9.17, 15) is 9.90 Å². The number of fused-ring (bicyclic) bond motifs is 1. The Morgan fingerprint density at radius 1 is 1.56 bits per heavy atom. The van der Waals surface area contributed by atoms with Gasteiger partial charge < -0.3 is 14.7 Å². The van der Waals surface area contributed by atoms with Gasteiger partial charge in [-0.3, -0.25) is 4.79 Å². The Kier molecular flexibility index (Phi) is 3.87. The molecule has 1 unspecified atom stereocenters. The first-order valence-corrected chi connectivity index (χ1v) is 6.33. The molecule has 0 saturated heterocycles. The van der Waals surface area contributed by atoms with E-state index in [0.717, 1.165) is 17.7 Å². The molecule has 1 aliphatic rings. The van der Waals surface area contributed by atoms with Crippen molar-refractivity contribution < 1.29 is 14.6 Å². The second-order valence-corrected chi connectivity index (χ2v) is 4.52. The Labute approximate surface area is 107 Å². The summed E-state index contributed by atoms with van der Waals surface area (Å²) in [7, 11) is 1.59. The van der Waals surface area contributed by atoms with Crippen molar-refractivity contribution in [2.24, 2.45) is 0 Å². The number of nitrogens with zero attached hydrogens (tertiary/aromatic N) is 1. The van der Waals surface area contributed by atoms with Crippen LogP contribution < -0.4 is 9.64 Å². The van der Waals surface area contributed by atoms with Crippen LogP contribution in [0.15, 0.2) is 18.2 Å². The summed E-state index contributed by atoms with van der Waals surface area (Å²) in [4.78, 5) is 13.8. The highest BCUT2D eigenvalue weighted by atomic mass is 16.5. The number of hydrogen-bond acceptors (Lipinski definition) is 3. The van der Waals surface area contributed by atoms with Crippen LogP contribution in [0.3, 0.4) is 0 Å². The van der Waals surface area contributed by atoms with Crippen molar-refractivity contribution in [3.05, 3.63) is 23.8 Å². The van der Waals surface area contributed by atoms with Crippen molar-refractivity contribution >= 4 is 11.6 Å². The maximum Gasteiger partial charge on any atom is 0.226 e. The molecule has 1 N–H and O–H groups in total. The Balaban J connectivity index is 2.35. The molecule has 2 rings (SSSR count). The number of methoxy groups -OCH3 is 1. The molecule has 98 valence electrons. The van der Waals surface area contributed by atoms with E-state index < -0.39 is 6.10 Å². The third-order valence-corrected chi connectivity index (χ3v) is 3.28. The third kappa shape index (κ3) is 2.34. The molecule has 4 heteroatoms. The van der Waals surface area contributed by atoms with Gasteiger partial charge in [0, 0.05) is 24.2 Å². The molecule has 1 aliphatic heterocycles. The maximum atomic E-state index is 12.0. The number of carbonyl (C=O) groups is 1. The van der Waals surface area contributed by atoms with Gasteiger partial charge in [-0.1, -0.05) is 6.92 Å². The summed E-state index contributed by atoms with van der Waals surface area (Å²) >= 11 is 0. The second kappa shape index (κ2) is 5.40. The van der Waals surface area contributed by atoms with Gasteiger partial charge in [-0.25, -0.2) is 0 Å². The molecule has 0 spiro atoms. The minimum Gasteiger partial charge on any atom is -0.497 e. The van der Waals surface area contributed by atoms with Crippen LogP contribution >= 0.6 is 0 Å². The summed E-state index contributed by atoms with van der Waals surface area (Å²) in [6.45, 7) is 2.57. The Morgan fingerprint density at radius 3 is 3.00 bits per heavy atom. The summed E-state index contributed by atoms with van der Waals surface area (Å²) in [6.07, 6.45) is 1.45. The highest BCUT2D eigenvalue weighted by Gasteiger charge is 2.27. The fourth-order valence-electron chi connectivity index (χ4n) is 2.31. The molecule has 4 nitrogen and oxygen atoms in total. The number of rotatable bonds is 3. The predicted molar refractivity (Wildman–Crippen MR) is 69.8 cm³/mol. The number of carbonyl (C=O) groups excluding carboxylic acids is 1. The maximum absolute atomic E-state index is 12.0. The first-order valence-electron chi connectivity index (χ1n) is 6.33. The Morgan fingerprint density at radius 2 is 2.33 bits per heavy atom. The number of benzene rings is 1. The first-order chi connectivity index (χ1) is 8.67. The fraction of sp³-hybridized carbons (Fsp3) is 0.500. The molecular formula is C14H19NO3. The molecule has 1 amide bonds. The highest BCUT2D eigenvalue weighted by Crippen LogP contribution is 2.36. The van der Waals surface area contributed by atoms with Gasteiger partial charge in [0.05, 0.1) is 13.2 Å². The number of anilines is 1. The van der Waals surface area contributed by atoms with Gasteiger partial charge in [0.25, 0.3) is 0 Å². The quantitative estimate of drug-likeness (QED) is 0.894. The molecule has 0 bridgehead atoms. The van der Waals surface area contributed by atoms with Gasteiger partial charge in [0.1, 0.15) is 5.75 Å². The van der Waals surface area contributed by atoms with Crippen LogP contribution in [0.1, 0.15) is 37.9 Å². The summed E-state index contributed by atoms with van der Waals surface area (Å²) in [6, 6.07) is 5.48. The zero-order chi connectivity index (χ0) is 13.1. The Bertz CT molecular complexity index is 445. The first kappa shape index (κ1) is 12.9. The van der Waals surface area contributed by atoms with Gasteiger partial charge in [-0.2, -0.15) is 0 Å². The van der Waals surface area contributed by atoms with E-state index >= 15 is 0 Å². The number of aliphatic hydroxyl groups excluding tert-OH is 1. The molecule has 0 aromatic heterocycles. The molecule has 0 fully saturated rings. The summed E-state index contributed by atoms with van der Waals surface area (Å²) in [5, 5.41) is 10.0. The second-order valence-electron chi connectivity index (χ2n) is 4.52. The zero-order valence-corrected chi connectivity index (χ0v) is 10.8. The van der Waals surface area contributed by atoms with Crippen molar-refractivity contribution in [2.75, 3.05) is 18.6 Å². The average Bonchev–Trinajstić information content (AvgIpc) is 2.39. The predicted octanol–water partition coefficient (Wildman–Crippen LogP) is 2.27. The highest BCUT2D eigenvalue weighted by molar-refractivity contribution is 5.94. The number of aliphatic hydroxyl groups is 1. The normalized spacial score (nSPS) is 18.4. The largest absolute Gasteiger partial charge is 0.497 e. The number of ether oxygens (including phenoxy) is 1. The van der Waals surface area contributed by atoms with Crippen LogP contribution in [-0.2, 0) is 4.79 Å². The number of hydrogen-bond donors (Lipinski definition) is 1. The minimum atomic E-state index is -0.513. The van der Waals surface area contributed by atoms with Gasteiger partial charge in [0.2, 0.25) is 5.91 Å². The summed E-state index contributed by atoms with van der Waals surface area (Å²) in [5.74, 6) is 0.827. The molecule has 1 aromatic carbocycles. The third-order valence-electron chi connectivity index (χ3n) is 3.28. The van der Waals surface area contributed by atoms with E-state index in [1.165, 1.54) is 0 Å². The molecule has 18 heavy (non-hydrogen) atoms. The van der Waals surface area contributed by atoms with Crippen molar-refractivity contribution in [1.82, 2.24) is 0 Å². The molecule has 0 aliphatic carbocycles. The molecule has 1 atom stereocenters. The molecule has 0 radical (unpaired) electrons. The molecule has 1 heterocycles. The van der Waals surface area contributed by atoms with Gasteiger partial charge in [-0.15, -0.1) is 0 Å². The smallest absolute Gasteiger partial charge is 0.226 e. The topological polar surface area (TPSA) is 49.8 Å². The van der Waals surface area contributed by atoms with E-state index in [4.69, 9.17) is 4.74 Å². The van der Waals surface area contributed by atoms with Crippen molar-refractivity contribution in [3.8, 4) is 5.75 Å². The lowest BCUT2D eigenvalue weighted by atomic mass is 9.98. The molecule has 0 saturated carbocycles. The lowest BCUT2D eigenvalue weighted by molar-refractivity contribution is -0.118. The zero-order valence-electron chi connectivity index (χ0n) is 10.8. The van der Waals surface area contributed by atoms with Crippen LogP contribution in [0.2, 0.25) is 0 Å². The average molecular weight is 249 g/mol. The summed E-state index contributed by atoms with van der Waals surface area (Å²) in [5.41, 5.74) is 1.60. The van der Waals surface area contributed by atoms with Crippen molar-refractivity contribution in [1.29, 1.82) is 0 Å². The standard InChI is InChI=1S/C14H19NO3/c1-3-4-14(17)15-8-7-13(16)11-9-10(18-2)5-6-12(11)15/h5-6,9,13,16H,3-4,7-8H2,1-2H3. The van der Waals surface area contributed by atoms with Crippen LogP contribution in [0.25, 0.3) is 0 Å². The van der Waals surface area contributed by atoms with Crippen LogP contribution in [0.4, 0.5) is 5.69 Å². The lowest BCUT2D eigenvalue weighted by Crippen LogP contribution is -2.36. The van der Waals surface area contributed by atoms with Crippen molar-refractivity contribution in [3.63, 3.8) is 0 Å². The van der Waals surface area contributed by atoms with Crippen LogP contribution in [0.5, 0.6) is 5.75 Å². The van der Waals surface area contributed by atoms with E-state index in [1.807, 2.05) is 25.1 Å². The summed E-state index contributed by atoms with van der Waals surface area (Å²) < 4.78 is 5.16. The molecule has 1 aromatic rings. The lowest BCUT2D eigenvalue weighted by Gasteiger charge is -2.32. The minimum absolute atomic E-state index is 0.121. The SMILES string of the molecule is CCCC(=O)N1CCC(O)c2cc(OC)ccc21. The van der Waals surface area contributed by atoms with Crippen LogP contribution in [0, 0.1) is 0 Å². The van der Waals surface area contributed by atoms with Crippen LogP contribution in [-0.4, -0.2) is 24.7 Å². The molecular weight excluding hydrogens is 230 g/mol. The van der Waals surface area contributed by atoms with E-state index in [0.29, 0.717) is 25.1 Å². The monoisotopic (exact) mass is 249 g/mol. The van der Waals surface area contributed by atoms with Gasteiger partial charge in [-0.05, 0) is 31.0 Å². The van der Waals surface area contributed by atoms with E-state index in [2.05, 4.69) is 0 Å². The van der Waals surface area contributed by atoms with Gasteiger partial charge in [0.15, 0.2) is 0 Å². The van der Waals surface area contributed by atoms with E-state index in [-0.39, 0.29) is 5.91 Å². The van der Waals surface area contributed by atoms with E-state index in [1.54, 1.807) is 12.0 Å². The fourth-order valence-corrected chi connectivity index (χ4v) is 2.31. The van der Waals surface area contributed by atoms with Gasteiger partial charge >= 0.3 is 0 Å². The Hall–Kier alpha value is -1.55.